The Morgan fingerprint density at radius 3 is 2.76 bits per heavy atom. The molecule has 1 aromatic heterocycles. The van der Waals surface area contributed by atoms with E-state index in [0.717, 1.165) is 30.4 Å². The van der Waals surface area contributed by atoms with E-state index in [1.807, 2.05) is 0 Å². The van der Waals surface area contributed by atoms with Crippen LogP contribution in [0.25, 0.3) is 6.08 Å². The Balaban J connectivity index is 1.83. The highest BCUT2D eigenvalue weighted by molar-refractivity contribution is 6.33. The number of carbonyl (C=O) groups is 2. The molecule has 0 radical (unpaired) electrons. The third-order valence-corrected chi connectivity index (χ3v) is 3.04. The number of carbonyl (C=O) groups excluding carboxylic acids is 2. The van der Waals surface area contributed by atoms with Gasteiger partial charge in [-0.15, -0.1) is 0 Å². The van der Waals surface area contributed by atoms with Crippen molar-refractivity contribution >= 4 is 41.1 Å². The summed E-state index contributed by atoms with van der Waals surface area (Å²) in [6, 6.07) is 5.82. The summed E-state index contributed by atoms with van der Waals surface area (Å²) in [5.74, 6) is -2.49. The van der Waals surface area contributed by atoms with Crippen molar-refractivity contribution in [1.29, 1.82) is 0 Å². The van der Waals surface area contributed by atoms with Gasteiger partial charge in [0.2, 0.25) is 0 Å². The van der Waals surface area contributed by atoms with Gasteiger partial charge in [0.15, 0.2) is 6.61 Å². The van der Waals surface area contributed by atoms with Crippen LogP contribution in [0.15, 0.2) is 40.8 Å². The summed E-state index contributed by atoms with van der Waals surface area (Å²) >= 11 is 5.75. The van der Waals surface area contributed by atoms with Crippen molar-refractivity contribution in [1.82, 2.24) is 0 Å². The molecule has 0 aliphatic rings. The maximum absolute atomic E-state index is 12.9. The second kappa shape index (κ2) is 8.06. The molecule has 10 heteroatoms. The molecule has 0 aliphatic carbocycles. The van der Waals surface area contributed by atoms with Crippen molar-refractivity contribution in [3.05, 3.63) is 63.1 Å². The fraction of sp³-hybridized carbons (Fsp3) is 0.0667. The van der Waals surface area contributed by atoms with Crippen molar-refractivity contribution in [2.75, 3.05) is 11.9 Å². The predicted octanol–water partition coefficient (Wildman–Crippen LogP) is 3.18. The molecule has 0 fully saturated rings. The Bertz CT molecular complexity index is 848. The number of ether oxygens (including phenoxy) is 1. The topological polar surface area (TPSA) is 112 Å². The van der Waals surface area contributed by atoms with Crippen LogP contribution in [0.4, 0.5) is 16.0 Å². The molecule has 0 atom stereocenters. The van der Waals surface area contributed by atoms with Gasteiger partial charge in [-0.1, -0.05) is 11.6 Å². The molecule has 1 heterocycles. The number of hydrogen-bond acceptors (Lipinski definition) is 6. The molecule has 0 saturated carbocycles. The zero-order valence-corrected chi connectivity index (χ0v) is 13.2. The fourth-order valence-electron chi connectivity index (χ4n) is 1.64. The van der Waals surface area contributed by atoms with Gasteiger partial charge in [0.25, 0.3) is 5.91 Å². The van der Waals surface area contributed by atoms with Gasteiger partial charge in [-0.05, 0) is 30.3 Å². The Kier molecular flexibility index (Phi) is 5.85. The number of halogens is 2. The lowest BCUT2D eigenvalue weighted by molar-refractivity contribution is -0.402. The summed E-state index contributed by atoms with van der Waals surface area (Å²) in [5, 5.41) is 12.8. The van der Waals surface area contributed by atoms with E-state index in [9.17, 15) is 24.1 Å². The molecule has 8 nitrogen and oxygen atoms in total. The normalized spacial score (nSPS) is 10.6. The molecule has 0 spiro atoms. The first-order valence-corrected chi connectivity index (χ1v) is 7.07. The third kappa shape index (κ3) is 5.43. The second-order valence-corrected chi connectivity index (χ2v) is 4.95. The zero-order chi connectivity index (χ0) is 18.4. The molecule has 0 aliphatic heterocycles. The van der Waals surface area contributed by atoms with E-state index in [0.29, 0.717) is 0 Å². The van der Waals surface area contributed by atoms with E-state index >= 15 is 0 Å². The Morgan fingerprint density at radius 1 is 1.36 bits per heavy atom. The molecule has 0 unspecified atom stereocenters. The number of rotatable bonds is 6. The van der Waals surface area contributed by atoms with Crippen LogP contribution in [0.2, 0.25) is 5.02 Å². The average molecular weight is 369 g/mol. The molecule has 2 rings (SSSR count). The van der Waals surface area contributed by atoms with Crippen molar-refractivity contribution in [2.45, 2.75) is 0 Å². The number of hydrogen-bond donors (Lipinski definition) is 1. The quantitative estimate of drug-likeness (QED) is 0.363. The molecule has 1 N–H and O–H groups in total. The molecule has 0 bridgehead atoms. The summed E-state index contributed by atoms with van der Waals surface area (Å²) in [6.07, 6.45) is 2.10. The standard InChI is InChI=1S/C15H10ClFN2O6/c16-11-7-9(17)1-4-12(11)18-13(20)8-24-15(21)6-3-10-2-5-14(25-10)19(22)23/h1-7H,8H2,(H,18,20)/b6-3+. The van der Waals surface area contributed by atoms with E-state index in [4.69, 9.17) is 16.0 Å². The summed E-state index contributed by atoms with van der Waals surface area (Å²) in [5.41, 5.74) is 0.169. The van der Waals surface area contributed by atoms with E-state index in [1.54, 1.807) is 0 Å². The lowest BCUT2D eigenvalue weighted by Gasteiger charge is -2.07. The van der Waals surface area contributed by atoms with Crippen molar-refractivity contribution < 1.29 is 28.1 Å². The largest absolute Gasteiger partial charge is 0.452 e. The first-order chi connectivity index (χ1) is 11.8. The van der Waals surface area contributed by atoms with Crippen LogP contribution in [-0.4, -0.2) is 23.4 Å². The van der Waals surface area contributed by atoms with Crippen molar-refractivity contribution in [3.63, 3.8) is 0 Å². The zero-order valence-electron chi connectivity index (χ0n) is 12.4. The van der Waals surface area contributed by atoms with Crippen LogP contribution in [0.3, 0.4) is 0 Å². The third-order valence-electron chi connectivity index (χ3n) is 2.73. The molecule has 2 aromatic rings. The Hall–Kier alpha value is -3.20. The maximum Gasteiger partial charge on any atom is 0.433 e. The number of furan rings is 1. The van der Waals surface area contributed by atoms with E-state index in [2.05, 4.69) is 10.1 Å². The average Bonchev–Trinajstić information content (AvgIpc) is 3.03. The minimum atomic E-state index is -0.862. The lowest BCUT2D eigenvalue weighted by atomic mass is 10.3. The van der Waals surface area contributed by atoms with Crippen molar-refractivity contribution in [3.8, 4) is 0 Å². The minimum Gasteiger partial charge on any atom is -0.452 e. The van der Waals surface area contributed by atoms with E-state index in [1.165, 1.54) is 12.1 Å². The minimum absolute atomic E-state index is 0.000939. The maximum atomic E-state index is 12.9. The van der Waals surface area contributed by atoms with Crippen LogP contribution in [0, 0.1) is 15.9 Å². The van der Waals surface area contributed by atoms with Gasteiger partial charge < -0.3 is 14.5 Å². The highest BCUT2D eigenvalue weighted by Gasteiger charge is 2.11. The first-order valence-electron chi connectivity index (χ1n) is 6.69. The van der Waals surface area contributed by atoms with Gasteiger partial charge in [0.1, 0.15) is 16.5 Å². The highest BCUT2D eigenvalue weighted by Crippen LogP contribution is 2.22. The molecular weight excluding hydrogens is 359 g/mol. The van der Waals surface area contributed by atoms with Crippen LogP contribution in [0.5, 0.6) is 0 Å². The number of nitrogens with zero attached hydrogens (tertiary/aromatic N) is 1. The van der Waals surface area contributed by atoms with Gasteiger partial charge >= 0.3 is 11.9 Å². The van der Waals surface area contributed by atoms with E-state index < -0.39 is 35.1 Å². The molecule has 0 saturated heterocycles. The van der Waals surface area contributed by atoms with Crippen LogP contribution >= 0.6 is 11.6 Å². The highest BCUT2D eigenvalue weighted by atomic mass is 35.5. The summed E-state index contributed by atoms with van der Waals surface area (Å²) in [6.45, 7) is -0.602. The second-order valence-electron chi connectivity index (χ2n) is 4.55. The Labute approximate surface area is 145 Å². The van der Waals surface area contributed by atoms with Gasteiger partial charge in [-0.25, -0.2) is 9.18 Å². The molecule has 1 aromatic carbocycles. The number of esters is 1. The number of nitrogens with one attached hydrogen (secondary N) is 1. The van der Waals surface area contributed by atoms with Crippen molar-refractivity contribution in [2.24, 2.45) is 0 Å². The SMILES string of the molecule is O=C(COC(=O)/C=C/c1ccc([N+](=O)[O-])o1)Nc1ccc(F)cc1Cl. The van der Waals surface area contributed by atoms with Gasteiger partial charge in [0.05, 0.1) is 16.8 Å². The number of amides is 1. The van der Waals surface area contributed by atoms with Gasteiger partial charge in [0, 0.05) is 6.08 Å². The number of nitro groups is 1. The van der Waals surface area contributed by atoms with Crippen LogP contribution < -0.4 is 5.32 Å². The Morgan fingerprint density at radius 2 is 2.12 bits per heavy atom. The van der Waals surface area contributed by atoms with Gasteiger partial charge in [-0.3, -0.25) is 14.9 Å². The number of anilines is 1. The molecule has 130 valence electrons. The lowest BCUT2D eigenvalue weighted by Crippen LogP contribution is -2.20. The molecule has 1 amide bonds. The molecule has 25 heavy (non-hydrogen) atoms. The molecular formula is C15H10ClFN2O6. The fourth-order valence-corrected chi connectivity index (χ4v) is 1.86. The summed E-state index contributed by atoms with van der Waals surface area (Å²) in [4.78, 5) is 32.9. The van der Waals surface area contributed by atoms with Crippen LogP contribution in [0.1, 0.15) is 5.76 Å². The van der Waals surface area contributed by atoms with E-state index in [-0.39, 0.29) is 16.5 Å². The smallest absolute Gasteiger partial charge is 0.433 e. The predicted molar refractivity (Wildman–Crippen MR) is 85.4 cm³/mol. The number of benzene rings is 1. The van der Waals surface area contributed by atoms with Crippen LogP contribution in [-0.2, 0) is 14.3 Å². The first kappa shape index (κ1) is 18.1. The van der Waals surface area contributed by atoms with Gasteiger partial charge in [-0.2, -0.15) is 0 Å². The summed E-state index contributed by atoms with van der Waals surface area (Å²) in [7, 11) is 0. The monoisotopic (exact) mass is 368 g/mol. The summed E-state index contributed by atoms with van der Waals surface area (Å²) < 4.78 is 22.4.